The van der Waals surface area contributed by atoms with Crippen molar-refractivity contribution in [2.45, 2.75) is 18.9 Å². The van der Waals surface area contributed by atoms with Crippen LogP contribution in [-0.4, -0.2) is 30.1 Å². The number of nitrogens with zero attached hydrogens (tertiary/aromatic N) is 2. The number of sulfone groups is 1. The van der Waals surface area contributed by atoms with Crippen molar-refractivity contribution in [3.05, 3.63) is 41.5 Å². The second-order valence-electron chi connectivity index (χ2n) is 5.11. The van der Waals surface area contributed by atoms with Gasteiger partial charge in [-0.15, -0.1) is 6.42 Å². The minimum atomic E-state index is -2.97. The highest BCUT2D eigenvalue weighted by atomic mass is 32.2. The van der Waals surface area contributed by atoms with Gasteiger partial charge in [-0.1, -0.05) is 17.1 Å². The number of hydrogen-bond donors (Lipinski definition) is 0. The summed E-state index contributed by atoms with van der Waals surface area (Å²) in [6, 6.07) is 7.12. The van der Waals surface area contributed by atoms with E-state index in [2.05, 4.69) is 16.1 Å². The zero-order chi connectivity index (χ0) is 15.6. The van der Waals surface area contributed by atoms with Crippen LogP contribution in [0.1, 0.15) is 29.6 Å². The summed E-state index contributed by atoms with van der Waals surface area (Å²) in [7, 11) is -2.97. The van der Waals surface area contributed by atoms with Crippen LogP contribution in [0.5, 0.6) is 5.75 Å². The summed E-state index contributed by atoms with van der Waals surface area (Å²) in [4.78, 5) is 4.21. The van der Waals surface area contributed by atoms with Gasteiger partial charge >= 0.3 is 0 Å². The Morgan fingerprint density at radius 1 is 1.45 bits per heavy atom. The fourth-order valence-corrected chi connectivity index (χ4v) is 4.05. The SMILES string of the molecule is C#Cc1cccc(OCc2nc(C3CCS(=O)(=O)C3)no2)c1. The monoisotopic (exact) mass is 318 g/mol. The second kappa shape index (κ2) is 5.81. The zero-order valence-corrected chi connectivity index (χ0v) is 12.5. The molecule has 0 spiro atoms. The van der Waals surface area contributed by atoms with Crippen molar-refractivity contribution in [3.8, 4) is 18.1 Å². The van der Waals surface area contributed by atoms with Gasteiger partial charge in [0.25, 0.3) is 5.89 Å². The van der Waals surface area contributed by atoms with Crippen molar-refractivity contribution in [1.29, 1.82) is 0 Å². The molecule has 1 aromatic carbocycles. The Labute approximate surface area is 128 Å². The fraction of sp³-hybridized carbons (Fsp3) is 0.333. The molecule has 0 aliphatic carbocycles. The van der Waals surface area contributed by atoms with E-state index in [0.717, 1.165) is 5.56 Å². The van der Waals surface area contributed by atoms with E-state index in [0.29, 0.717) is 23.9 Å². The third-order valence-corrected chi connectivity index (χ3v) is 5.21. The predicted octanol–water partition coefficient (Wildman–Crippen LogP) is 1.53. The first kappa shape index (κ1) is 14.6. The van der Waals surface area contributed by atoms with Gasteiger partial charge in [0, 0.05) is 11.5 Å². The molecule has 1 atom stereocenters. The highest BCUT2D eigenvalue weighted by Crippen LogP contribution is 2.26. The normalized spacial score (nSPS) is 19.7. The lowest BCUT2D eigenvalue weighted by molar-refractivity contribution is 0.242. The Bertz CT molecular complexity index is 820. The smallest absolute Gasteiger partial charge is 0.264 e. The number of rotatable bonds is 4. The molecule has 0 amide bonds. The van der Waals surface area contributed by atoms with Crippen LogP contribution < -0.4 is 4.74 Å². The van der Waals surface area contributed by atoms with Crippen molar-refractivity contribution in [1.82, 2.24) is 10.1 Å². The molecule has 1 fully saturated rings. The van der Waals surface area contributed by atoms with Crippen LogP contribution in [0, 0.1) is 12.3 Å². The van der Waals surface area contributed by atoms with E-state index in [9.17, 15) is 8.42 Å². The zero-order valence-electron chi connectivity index (χ0n) is 11.7. The van der Waals surface area contributed by atoms with Gasteiger partial charge in [0.15, 0.2) is 22.3 Å². The summed E-state index contributed by atoms with van der Waals surface area (Å²) < 4.78 is 33.6. The third kappa shape index (κ3) is 3.28. The summed E-state index contributed by atoms with van der Waals surface area (Å²) >= 11 is 0. The molecule has 0 saturated carbocycles. The van der Waals surface area contributed by atoms with E-state index in [4.69, 9.17) is 15.7 Å². The number of ether oxygens (including phenoxy) is 1. The number of benzene rings is 1. The Morgan fingerprint density at radius 2 is 2.32 bits per heavy atom. The molecule has 1 saturated heterocycles. The summed E-state index contributed by atoms with van der Waals surface area (Å²) in [5.41, 5.74) is 0.722. The van der Waals surface area contributed by atoms with Crippen LogP contribution in [0.25, 0.3) is 0 Å². The van der Waals surface area contributed by atoms with Crippen molar-refractivity contribution in [2.24, 2.45) is 0 Å². The maximum absolute atomic E-state index is 11.5. The van der Waals surface area contributed by atoms with Crippen molar-refractivity contribution in [3.63, 3.8) is 0 Å². The molecule has 1 aliphatic heterocycles. The molecule has 114 valence electrons. The summed E-state index contributed by atoms with van der Waals surface area (Å²) in [6.45, 7) is 0.112. The molecule has 1 unspecified atom stereocenters. The molecule has 0 bridgehead atoms. The van der Waals surface area contributed by atoms with Crippen LogP contribution in [-0.2, 0) is 16.4 Å². The lowest BCUT2D eigenvalue weighted by Crippen LogP contribution is -2.05. The highest BCUT2D eigenvalue weighted by molar-refractivity contribution is 7.91. The number of terminal acetylenes is 1. The summed E-state index contributed by atoms with van der Waals surface area (Å²) in [6.07, 6.45) is 5.86. The quantitative estimate of drug-likeness (QED) is 0.795. The highest BCUT2D eigenvalue weighted by Gasteiger charge is 2.32. The average molecular weight is 318 g/mol. The molecule has 0 N–H and O–H groups in total. The molecule has 1 aliphatic rings. The van der Waals surface area contributed by atoms with Gasteiger partial charge in [0.1, 0.15) is 5.75 Å². The topological polar surface area (TPSA) is 82.3 Å². The molecule has 3 rings (SSSR count). The lowest BCUT2D eigenvalue weighted by atomic mass is 10.1. The van der Waals surface area contributed by atoms with Crippen molar-refractivity contribution in [2.75, 3.05) is 11.5 Å². The first-order valence-electron chi connectivity index (χ1n) is 6.78. The molecular weight excluding hydrogens is 304 g/mol. The number of hydrogen-bond acceptors (Lipinski definition) is 6. The Kier molecular flexibility index (Phi) is 3.86. The molecule has 2 heterocycles. The molecule has 0 radical (unpaired) electrons. The standard InChI is InChI=1S/C15H14N2O4S/c1-2-11-4-3-5-13(8-11)20-9-14-16-15(17-21-14)12-6-7-22(18,19)10-12/h1,3-5,8,12H,6-7,9-10H2. The number of aromatic nitrogens is 2. The van der Waals surface area contributed by atoms with Gasteiger partial charge in [0.05, 0.1) is 11.5 Å². The van der Waals surface area contributed by atoms with E-state index in [-0.39, 0.29) is 24.0 Å². The van der Waals surface area contributed by atoms with Crippen LogP contribution in [0.4, 0.5) is 0 Å². The van der Waals surface area contributed by atoms with E-state index in [1.807, 2.05) is 0 Å². The van der Waals surface area contributed by atoms with E-state index < -0.39 is 9.84 Å². The van der Waals surface area contributed by atoms with Gasteiger partial charge < -0.3 is 9.26 Å². The van der Waals surface area contributed by atoms with Crippen LogP contribution >= 0.6 is 0 Å². The maximum atomic E-state index is 11.5. The second-order valence-corrected chi connectivity index (χ2v) is 7.34. The summed E-state index contributed by atoms with van der Waals surface area (Å²) in [5, 5.41) is 3.85. The van der Waals surface area contributed by atoms with Gasteiger partial charge in [0.2, 0.25) is 0 Å². The largest absolute Gasteiger partial charge is 0.484 e. The van der Waals surface area contributed by atoms with E-state index in [1.54, 1.807) is 24.3 Å². The minimum absolute atomic E-state index is 0.0804. The average Bonchev–Trinajstić information content (AvgIpc) is 3.11. The third-order valence-electron chi connectivity index (χ3n) is 3.44. The molecular formula is C15H14N2O4S. The first-order chi connectivity index (χ1) is 10.6. The van der Waals surface area contributed by atoms with Crippen LogP contribution in [0.2, 0.25) is 0 Å². The molecule has 7 heteroatoms. The molecule has 2 aromatic rings. The van der Waals surface area contributed by atoms with Gasteiger partial charge in [-0.25, -0.2) is 8.42 Å². The Hall–Kier alpha value is -2.33. The minimum Gasteiger partial charge on any atom is -0.484 e. The van der Waals surface area contributed by atoms with E-state index >= 15 is 0 Å². The first-order valence-corrected chi connectivity index (χ1v) is 8.60. The Morgan fingerprint density at radius 3 is 3.05 bits per heavy atom. The molecule has 22 heavy (non-hydrogen) atoms. The Balaban J connectivity index is 1.64. The van der Waals surface area contributed by atoms with Gasteiger partial charge in [-0.05, 0) is 24.6 Å². The predicted molar refractivity (Wildman–Crippen MR) is 79.0 cm³/mol. The van der Waals surface area contributed by atoms with Crippen LogP contribution in [0.3, 0.4) is 0 Å². The van der Waals surface area contributed by atoms with E-state index in [1.165, 1.54) is 0 Å². The maximum Gasteiger partial charge on any atom is 0.264 e. The van der Waals surface area contributed by atoms with Crippen LogP contribution in [0.15, 0.2) is 28.8 Å². The van der Waals surface area contributed by atoms with Crippen molar-refractivity contribution < 1.29 is 17.7 Å². The van der Waals surface area contributed by atoms with Crippen molar-refractivity contribution >= 4 is 9.84 Å². The molecule has 6 nitrogen and oxygen atoms in total. The lowest BCUT2D eigenvalue weighted by Gasteiger charge is -2.03. The van der Waals surface area contributed by atoms with Gasteiger partial charge in [-0.2, -0.15) is 4.98 Å². The fourth-order valence-electron chi connectivity index (χ4n) is 2.31. The van der Waals surface area contributed by atoms with Gasteiger partial charge in [-0.3, -0.25) is 0 Å². The molecule has 1 aromatic heterocycles. The summed E-state index contributed by atoms with van der Waals surface area (Å²) in [5.74, 6) is 3.94.